The van der Waals surface area contributed by atoms with Crippen molar-refractivity contribution in [2.45, 2.75) is 40.2 Å². The number of aromatic nitrogens is 3. The molecule has 1 aromatic carbocycles. The number of guanidine groups is 1. The van der Waals surface area contributed by atoms with Crippen LogP contribution in [0.25, 0.3) is 0 Å². The first-order valence-electron chi connectivity index (χ1n) is 9.89. The maximum absolute atomic E-state index is 5.23. The lowest BCUT2D eigenvalue weighted by atomic mass is 9.93. The van der Waals surface area contributed by atoms with Gasteiger partial charge in [0.1, 0.15) is 18.1 Å². The van der Waals surface area contributed by atoms with Gasteiger partial charge in [-0.2, -0.15) is 0 Å². The average molecular weight is 512 g/mol. The molecule has 0 atom stereocenters. The Morgan fingerprint density at radius 1 is 1.24 bits per heavy atom. The van der Waals surface area contributed by atoms with Gasteiger partial charge >= 0.3 is 0 Å². The van der Waals surface area contributed by atoms with Crippen molar-refractivity contribution in [3.05, 3.63) is 41.5 Å². The van der Waals surface area contributed by atoms with Crippen molar-refractivity contribution >= 4 is 29.9 Å². The molecular weight excluding hydrogens is 479 g/mol. The number of aryl methyl sites for hydroxylation is 1. The molecule has 2 aromatic rings. The highest BCUT2D eigenvalue weighted by Crippen LogP contribution is 2.28. The maximum Gasteiger partial charge on any atom is 0.194 e. The van der Waals surface area contributed by atoms with Crippen molar-refractivity contribution in [2.75, 3.05) is 26.7 Å². The molecule has 1 saturated heterocycles. The van der Waals surface area contributed by atoms with Gasteiger partial charge in [0, 0.05) is 26.7 Å². The van der Waals surface area contributed by atoms with Gasteiger partial charge in [0.25, 0.3) is 0 Å². The Morgan fingerprint density at radius 2 is 1.97 bits per heavy atom. The van der Waals surface area contributed by atoms with Crippen LogP contribution < -0.4 is 10.1 Å². The number of nitrogens with one attached hydrogen (secondary N) is 1. The van der Waals surface area contributed by atoms with E-state index in [-0.39, 0.29) is 24.0 Å². The minimum Gasteiger partial charge on any atom is -0.497 e. The van der Waals surface area contributed by atoms with E-state index in [9.17, 15) is 0 Å². The fourth-order valence-corrected chi connectivity index (χ4v) is 3.41. The zero-order valence-electron chi connectivity index (χ0n) is 18.1. The van der Waals surface area contributed by atoms with E-state index in [1.165, 1.54) is 12.0 Å². The third-order valence-corrected chi connectivity index (χ3v) is 5.39. The van der Waals surface area contributed by atoms with E-state index >= 15 is 0 Å². The fourth-order valence-electron chi connectivity index (χ4n) is 3.41. The molecule has 2 heterocycles. The molecule has 3 rings (SSSR count). The van der Waals surface area contributed by atoms with Gasteiger partial charge in [-0.3, -0.25) is 0 Å². The zero-order valence-corrected chi connectivity index (χ0v) is 20.4. The molecule has 1 aromatic heterocycles. The Hall–Kier alpha value is -1.84. The van der Waals surface area contributed by atoms with Crippen LogP contribution in [0.5, 0.6) is 5.75 Å². The molecule has 0 amide bonds. The van der Waals surface area contributed by atoms with Crippen molar-refractivity contribution in [1.29, 1.82) is 0 Å². The number of hydrogen-bond donors (Lipinski definition) is 1. The SMILES string of the molecule is COc1ccc(CCNC(=NCc2nnc(C)n2C)N2CCC(C)(C)C2)cc1.I. The number of methoxy groups -OCH3 is 1. The highest BCUT2D eigenvalue weighted by Gasteiger charge is 2.31. The molecular formula is C21H33IN6O. The topological polar surface area (TPSA) is 67.6 Å². The molecule has 7 nitrogen and oxygen atoms in total. The number of aliphatic imine (C=N–C) groups is 1. The third kappa shape index (κ3) is 6.32. The van der Waals surface area contributed by atoms with Crippen molar-refractivity contribution in [2.24, 2.45) is 17.5 Å². The Labute approximate surface area is 191 Å². The summed E-state index contributed by atoms with van der Waals surface area (Å²) in [5.74, 6) is 3.63. The first-order valence-corrected chi connectivity index (χ1v) is 9.89. The largest absolute Gasteiger partial charge is 0.497 e. The Bertz CT molecular complexity index is 815. The van der Waals surface area contributed by atoms with Crippen LogP contribution in [0.4, 0.5) is 0 Å². The summed E-state index contributed by atoms with van der Waals surface area (Å²) < 4.78 is 7.22. The van der Waals surface area contributed by atoms with E-state index in [1.54, 1.807) is 7.11 Å². The van der Waals surface area contributed by atoms with Crippen LogP contribution in [0, 0.1) is 12.3 Å². The summed E-state index contributed by atoms with van der Waals surface area (Å²) in [5.41, 5.74) is 1.60. The summed E-state index contributed by atoms with van der Waals surface area (Å²) in [4.78, 5) is 7.22. The van der Waals surface area contributed by atoms with Crippen molar-refractivity contribution in [3.8, 4) is 5.75 Å². The minimum absolute atomic E-state index is 0. The molecule has 0 spiro atoms. The number of hydrogen-bond acceptors (Lipinski definition) is 4. The average Bonchev–Trinajstić information content (AvgIpc) is 3.20. The predicted molar refractivity (Wildman–Crippen MR) is 127 cm³/mol. The van der Waals surface area contributed by atoms with Crippen LogP contribution in [0.3, 0.4) is 0 Å². The molecule has 160 valence electrons. The van der Waals surface area contributed by atoms with Crippen molar-refractivity contribution in [3.63, 3.8) is 0 Å². The molecule has 29 heavy (non-hydrogen) atoms. The van der Waals surface area contributed by atoms with Crippen LogP contribution in [0.15, 0.2) is 29.3 Å². The summed E-state index contributed by atoms with van der Waals surface area (Å²) >= 11 is 0. The van der Waals surface area contributed by atoms with Crippen LogP contribution in [0.1, 0.15) is 37.5 Å². The minimum atomic E-state index is 0. The molecule has 1 N–H and O–H groups in total. The molecule has 0 bridgehead atoms. The second kappa shape index (κ2) is 10.3. The lowest BCUT2D eigenvalue weighted by Gasteiger charge is -2.24. The summed E-state index contributed by atoms with van der Waals surface area (Å²) in [5, 5.41) is 11.9. The van der Waals surface area contributed by atoms with E-state index in [0.29, 0.717) is 12.0 Å². The first kappa shape index (κ1) is 23.4. The smallest absolute Gasteiger partial charge is 0.194 e. The number of rotatable bonds is 6. The van der Waals surface area contributed by atoms with E-state index in [4.69, 9.17) is 9.73 Å². The molecule has 0 saturated carbocycles. The zero-order chi connectivity index (χ0) is 20.1. The summed E-state index contributed by atoms with van der Waals surface area (Å²) in [6, 6.07) is 8.23. The van der Waals surface area contributed by atoms with Gasteiger partial charge in [0.05, 0.1) is 7.11 Å². The van der Waals surface area contributed by atoms with Gasteiger partial charge in [-0.05, 0) is 42.9 Å². The van der Waals surface area contributed by atoms with Crippen molar-refractivity contribution in [1.82, 2.24) is 25.0 Å². The molecule has 0 radical (unpaired) electrons. The number of benzene rings is 1. The van der Waals surface area contributed by atoms with Gasteiger partial charge < -0.3 is 19.5 Å². The van der Waals surface area contributed by atoms with E-state index in [2.05, 4.69) is 46.4 Å². The second-order valence-corrected chi connectivity index (χ2v) is 8.22. The van der Waals surface area contributed by atoms with Gasteiger partial charge in [0.15, 0.2) is 11.8 Å². The Morgan fingerprint density at radius 3 is 2.52 bits per heavy atom. The Balaban J connectivity index is 0.00000300. The molecule has 0 unspecified atom stereocenters. The summed E-state index contributed by atoms with van der Waals surface area (Å²) in [6.45, 7) is 9.98. The lowest BCUT2D eigenvalue weighted by molar-refractivity contribution is 0.369. The predicted octanol–water partition coefficient (Wildman–Crippen LogP) is 3.17. The van der Waals surface area contributed by atoms with Gasteiger partial charge in [-0.25, -0.2) is 4.99 Å². The fraction of sp³-hybridized carbons (Fsp3) is 0.571. The maximum atomic E-state index is 5.23. The van der Waals surface area contributed by atoms with E-state index < -0.39 is 0 Å². The van der Waals surface area contributed by atoms with Crippen LogP contribution in [-0.4, -0.2) is 52.4 Å². The highest BCUT2D eigenvalue weighted by molar-refractivity contribution is 14.0. The summed E-state index contributed by atoms with van der Waals surface area (Å²) in [6.07, 6.45) is 2.11. The summed E-state index contributed by atoms with van der Waals surface area (Å²) in [7, 11) is 3.67. The van der Waals surface area contributed by atoms with Crippen LogP contribution >= 0.6 is 24.0 Å². The highest BCUT2D eigenvalue weighted by atomic mass is 127. The van der Waals surface area contributed by atoms with Crippen molar-refractivity contribution < 1.29 is 4.74 Å². The Kier molecular flexibility index (Phi) is 8.30. The molecule has 8 heteroatoms. The quantitative estimate of drug-likeness (QED) is 0.366. The lowest BCUT2D eigenvalue weighted by Crippen LogP contribution is -2.41. The van der Waals surface area contributed by atoms with E-state index in [1.807, 2.05) is 30.7 Å². The second-order valence-electron chi connectivity index (χ2n) is 8.22. The molecule has 0 aliphatic carbocycles. The number of ether oxygens (including phenoxy) is 1. The van der Waals surface area contributed by atoms with Gasteiger partial charge in [-0.15, -0.1) is 34.2 Å². The first-order chi connectivity index (χ1) is 13.4. The van der Waals surface area contributed by atoms with Gasteiger partial charge in [-0.1, -0.05) is 26.0 Å². The van der Waals surface area contributed by atoms with Crippen LogP contribution in [-0.2, 0) is 20.0 Å². The number of likely N-dealkylation sites (tertiary alicyclic amines) is 1. The number of nitrogens with zero attached hydrogens (tertiary/aromatic N) is 5. The monoisotopic (exact) mass is 512 g/mol. The molecule has 1 aliphatic heterocycles. The molecule has 1 aliphatic rings. The third-order valence-electron chi connectivity index (χ3n) is 5.39. The van der Waals surface area contributed by atoms with Crippen LogP contribution in [0.2, 0.25) is 0 Å². The van der Waals surface area contributed by atoms with Gasteiger partial charge in [0.2, 0.25) is 0 Å². The number of halogens is 1. The van der Waals surface area contributed by atoms with E-state index in [0.717, 1.165) is 49.4 Å². The molecule has 1 fully saturated rings. The normalized spacial score (nSPS) is 15.9. The standard InChI is InChI=1S/C21H32N6O.HI/c1-16-24-25-19(26(16)4)14-23-20(27-13-11-21(2,3)15-27)22-12-10-17-6-8-18(28-5)9-7-17;/h6-9H,10-15H2,1-5H3,(H,22,23);1H.